The Morgan fingerprint density at radius 2 is 2.05 bits per heavy atom. The van der Waals surface area contributed by atoms with E-state index in [1.165, 1.54) is 0 Å². The Morgan fingerprint density at radius 1 is 1.38 bits per heavy atom. The largest absolute Gasteiger partial charge is 0.481 e. The van der Waals surface area contributed by atoms with E-state index >= 15 is 0 Å². The van der Waals surface area contributed by atoms with Crippen LogP contribution in [0.5, 0.6) is 5.75 Å². The van der Waals surface area contributed by atoms with Gasteiger partial charge in [0.15, 0.2) is 6.10 Å². The topological polar surface area (TPSA) is 72.6 Å². The van der Waals surface area contributed by atoms with Gasteiger partial charge in [0.1, 0.15) is 5.75 Å². The summed E-state index contributed by atoms with van der Waals surface area (Å²) < 4.78 is 5.62. The summed E-state index contributed by atoms with van der Waals surface area (Å²) in [4.78, 5) is 25.2. The summed E-state index contributed by atoms with van der Waals surface area (Å²) in [5, 5.41) is 0.564. The van der Waals surface area contributed by atoms with Crippen LogP contribution in [0.25, 0.3) is 0 Å². The lowest BCUT2D eigenvalue weighted by atomic mass is 9.96. The van der Waals surface area contributed by atoms with Gasteiger partial charge in [0, 0.05) is 24.0 Å². The molecule has 5 nitrogen and oxygen atoms in total. The standard InChI is InChI=1S/C15H19ClN2O3/c1-10(21-13-4-2-3-12(16)9-13)15(20)18-7-5-11(6-8-18)14(17)19/h2-4,9-11H,5-8H2,1H3,(H2,17,19)/t10-/m0/s1. The summed E-state index contributed by atoms with van der Waals surface area (Å²) in [6.45, 7) is 2.79. The number of nitrogens with zero attached hydrogens (tertiary/aromatic N) is 1. The Hall–Kier alpha value is -1.75. The molecule has 2 N–H and O–H groups in total. The second-order valence-corrected chi connectivity index (χ2v) is 5.66. The van der Waals surface area contributed by atoms with Crippen LogP contribution in [0.4, 0.5) is 0 Å². The fourth-order valence-corrected chi connectivity index (χ4v) is 2.62. The molecule has 0 spiro atoms. The van der Waals surface area contributed by atoms with Crippen LogP contribution < -0.4 is 10.5 Å². The Labute approximate surface area is 129 Å². The van der Waals surface area contributed by atoms with Crippen LogP contribution in [0.2, 0.25) is 5.02 Å². The Morgan fingerprint density at radius 3 is 2.62 bits per heavy atom. The summed E-state index contributed by atoms with van der Waals surface area (Å²) >= 11 is 5.88. The van der Waals surface area contributed by atoms with Crippen molar-refractivity contribution in [3.8, 4) is 5.75 Å². The second-order valence-electron chi connectivity index (χ2n) is 5.22. The number of likely N-dealkylation sites (tertiary alicyclic amines) is 1. The number of carbonyl (C=O) groups is 2. The van der Waals surface area contributed by atoms with Crippen molar-refractivity contribution in [2.24, 2.45) is 11.7 Å². The third-order valence-electron chi connectivity index (χ3n) is 3.67. The average molecular weight is 311 g/mol. The fraction of sp³-hybridized carbons (Fsp3) is 0.467. The van der Waals surface area contributed by atoms with Crippen LogP contribution in [0, 0.1) is 5.92 Å². The third kappa shape index (κ3) is 4.11. The van der Waals surface area contributed by atoms with Gasteiger partial charge in [0.2, 0.25) is 5.91 Å². The van der Waals surface area contributed by atoms with Crippen molar-refractivity contribution in [3.63, 3.8) is 0 Å². The molecule has 0 aliphatic carbocycles. The van der Waals surface area contributed by atoms with E-state index in [1.54, 1.807) is 36.1 Å². The monoisotopic (exact) mass is 310 g/mol. The highest BCUT2D eigenvalue weighted by Gasteiger charge is 2.29. The van der Waals surface area contributed by atoms with Crippen LogP contribution >= 0.6 is 11.6 Å². The van der Waals surface area contributed by atoms with Crippen LogP contribution in [-0.4, -0.2) is 35.9 Å². The van der Waals surface area contributed by atoms with Gasteiger partial charge in [-0.3, -0.25) is 9.59 Å². The van der Waals surface area contributed by atoms with E-state index < -0.39 is 6.10 Å². The molecule has 0 radical (unpaired) electrons. The molecule has 1 fully saturated rings. The Kier molecular flexibility index (Phi) is 5.07. The highest BCUT2D eigenvalue weighted by molar-refractivity contribution is 6.30. The number of halogens is 1. The minimum Gasteiger partial charge on any atom is -0.481 e. The molecule has 21 heavy (non-hydrogen) atoms. The molecule has 6 heteroatoms. The van der Waals surface area contributed by atoms with Crippen molar-refractivity contribution in [3.05, 3.63) is 29.3 Å². The molecule has 0 bridgehead atoms. The molecule has 0 aromatic heterocycles. The first-order valence-electron chi connectivity index (χ1n) is 6.97. The van der Waals surface area contributed by atoms with Crippen molar-refractivity contribution < 1.29 is 14.3 Å². The molecular formula is C15H19ClN2O3. The van der Waals surface area contributed by atoms with E-state index in [1.807, 2.05) is 0 Å². The van der Waals surface area contributed by atoms with E-state index in [2.05, 4.69) is 0 Å². The van der Waals surface area contributed by atoms with Crippen LogP contribution in [0.3, 0.4) is 0 Å². The van der Waals surface area contributed by atoms with Crippen molar-refractivity contribution >= 4 is 23.4 Å². The molecule has 114 valence electrons. The normalized spacial score (nSPS) is 17.3. The lowest BCUT2D eigenvalue weighted by Gasteiger charge is -2.32. The van der Waals surface area contributed by atoms with Gasteiger partial charge in [-0.1, -0.05) is 17.7 Å². The number of hydrogen-bond acceptors (Lipinski definition) is 3. The van der Waals surface area contributed by atoms with Crippen LogP contribution in [0.15, 0.2) is 24.3 Å². The molecule has 1 atom stereocenters. The molecular weight excluding hydrogens is 292 g/mol. The number of piperidine rings is 1. The van der Waals surface area contributed by atoms with Crippen LogP contribution in [0.1, 0.15) is 19.8 Å². The number of nitrogens with two attached hydrogens (primary N) is 1. The van der Waals surface area contributed by atoms with Crippen molar-refractivity contribution in [2.75, 3.05) is 13.1 Å². The molecule has 2 rings (SSSR count). The zero-order valence-electron chi connectivity index (χ0n) is 11.9. The minimum absolute atomic E-state index is 0.0853. The third-order valence-corrected chi connectivity index (χ3v) is 3.90. The van der Waals surface area contributed by atoms with E-state index in [4.69, 9.17) is 22.1 Å². The van der Waals surface area contributed by atoms with Gasteiger partial charge in [-0.2, -0.15) is 0 Å². The highest BCUT2D eigenvalue weighted by atomic mass is 35.5. The average Bonchev–Trinajstić information content (AvgIpc) is 2.46. The first kappa shape index (κ1) is 15.6. The fourth-order valence-electron chi connectivity index (χ4n) is 2.44. The van der Waals surface area contributed by atoms with Crippen molar-refractivity contribution in [2.45, 2.75) is 25.9 Å². The minimum atomic E-state index is -0.589. The Balaban J connectivity index is 1.90. The lowest BCUT2D eigenvalue weighted by Crippen LogP contribution is -2.46. The van der Waals surface area contributed by atoms with E-state index in [0.717, 1.165) is 0 Å². The number of amides is 2. The van der Waals surface area contributed by atoms with Gasteiger partial charge in [-0.15, -0.1) is 0 Å². The maximum Gasteiger partial charge on any atom is 0.263 e. The van der Waals surface area contributed by atoms with E-state index in [9.17, 15) is 9.59 Å². The van der Waals surface area contributed by atoms with Crippen molar-refractivity contribution in [1.29, 1.82) is 0 Å². The summed E-state index contributed by atoms with van der Waals surface area (Å²) in [6.07, 6.45) is 0.643. The molecule has 1 heterocycles. The maximum atomic E-state index is 12.3. The quantitative estimate of drug-likeness (QED) is 0.922. The summed E-state index contributed by atoms with van der Waals surface area (Å²) in [5.41, 5.74) is 5.29. The SMILES string of the molecule is C[C@H](Oc1cccc(Cl)c1)C(=O)N1CCC(C(N)=O)CC1. The predicted molar refractivity (Wildman–Crippen MR) is 80.0 cm³/mol. The molecule has 1 aliphatic rings. The molecule has 0 unspecified atom stereocenters. The number of rotatable bonds is 4. The molecule has 1 aliphatic heterocycles. The van der Waals surface area contributed by atoms with Gasteiger partial charge >= 0.3 is 0 Å². The van der Waals surface area contributed by atoms with E-state index in [0.29, 0.717) is 36.7 Å². The van der Waals surface area contributed by atoms with Gasteiger partial charge in [0.05, 0.1) is 0 Å². The second kappa shape index (κ2) is 6.80. The lowest BCUT2D eigenvalue weighted by molar-refractivity contribution is -0.140. The zero-order valence-corrected chi connectivity index (χ0v) is 12.7. The Bertz CT molecular complexity index is 527. The van der Waals surface area contributed by atoms with E-state index in [-0.39, 0.29) is 17.7 Å². The first-order chi connectivity index (χ1) is 9.97. The summed E-state index contributed by atoms with van der Waals surface area (Å²) in [5.74, 6) is 0.0665. The molecule has 2 amide bonds. The number of carbonyl (C=O) groups excluding carboxylic acids is 2. The number of primary amides is 1. The zero-order chi connectivity index (χ0) is 15.4. The molecule has 1 aromatic rings. The number of benzene rings is 1. The molecule has 1 aromatic carbocycles. The summed E-state index contributed by atoms with van der Waals surface area (Å²) in [6, 6.07) is 6.95. The maximum absolute atomic E-state index is 12.3. The number of ether oxygens (including phenoxy) is 1. The predicted octanol–water partition coefficient (Wildman–Crippen LogP) is 1.83. The van der Waals surface area contributed by atoms with Crippen LogP contribution in [-0.2, 0) is 9.59 Å². The number of hydrogen-bond donors (Lipinski definition) is 1. The van der Waals surface area contributed by atoms with Gasteiger partial charge in [-0.25, -0.2) is 0 Å². The highest BCUT2D eigenvalue weighted by Crippen LogP contribution is 2.21. The summed E-state index contributed by atoms with van der Waals surface area (Å²) in [7, 11) is 0. The first-order valence-corrected chi connectivity index (χ1v) is 7.35. The smallest absolute Gasteiger partial charge is 0.263 e. The molecule has 0 saturated carbocycles. The van der Waals surface area contributed by atoms with Gasteiger partial charge in [-0.05, 0) is 38.0 Å². The van der Waals surface area contributed by atoms with Gasteiger partial charge in [0.25, 0.3) is 5.91 Å². The van der Waals surface area contributed by atoms with Gasteiger partial charge < -0.3 is 15.4 Å². The van der Waals surface area contributed by atoms with Crippen molar-refractivity contribution in [1.82, 2.24) is 4.90 Å². The molecule has 1 saturated heterocycles.